The van der Waals surface area contributed by atoms with E-state index >= 15 is 0 Å². The fraction of sp³-hybridized carbons (Fsp3) is 0.842. The fourth-order valence-corrected chi connectivity index (χ4v) is 6.85. The highest BCUT2D eigenvalue weighted by Gasteiger charge is 2.62. The van der Waals surface area contributed by atoms with Gasteiger partial charge in [0, 0.05) is 5.92 Å². The minimum absolute atomic E-state index is 0.161. The molecule has 4 fully saturated rings. The van der Waals surface area contributed by atoms with E-state index in [9.17, 15) is 4.79 Å². The third-order valence-electron chi connectivity index (χ3n) is 8.06. The van der Waals surface area contributed by atoms with E-state index in [1.165, 1.54) is 38.5 Å². The normalized spacial score (nSPS) is 60.8. The molecule has 1 heterocycles. The average molecular weight is 286 g/mol. The van der Waals surface area contributed by atoms with Crippen molar-refractivity contribution in [2.75, 3.05) is 0 Å². The van der Waals surface area contributed by atoms with E-state index in [-0.39, 0.29) is 11.3 Å². The first-order valence-corrected chi connectivity index (χ1v) is 8.90. The Labute approximate surface area is 127 Å². The molecule has 0 amide bonds. The maximum atomic E-state index is 12.5. The van der Waals surface area contributed by atoms with Gasteiger partial charge >= 0.3 is 0 Å². The minimum Gasteiger partial charge on any atom is -0.370 e. The van der Waals surface area contributed by atoms with Crippen LogP contribution < -0.4 is 0 Å². The molecule has 0 N–H and O–H groups in total. The van der Waals surface area contributed by atoms with Gasteiger partial charge < -0.3 is 4.74 Å². The van der Waals surface area contributed by atoms with Gasteiger partial charge in [-0.05, 0) is 73.2 Å². The monoisotopic (exact) mass is 286 g/mol. The molecule has 1 saturated heterocycles. The van der Waals surface area contributed by atoms with Gasteiger partial charge in [-0.1, -0.05) is 19.9 Å². The van der Waals surface area contributed by atoms with Crippen molar-refractivity contribution < 1.29 is 9.53 Å². The Morgan fingerprint density at radius 1 is 1.19 bits per heavy atom. The molecular formula is C19H26O2. The first kappa shape index (κ1) is 12.9. The van der Waals surface area contributed by atoms with Crippen LogP contribution in [0.1, 0.15) is 52.4 Å². The summed E-state index contributed by atoms with van der Waals surface area (Å²) in [5.41, 5.74) is 0.597. The number of ketones is 1. The molecule has 114 valence electrons. The topological polar surface area (TPSA) is 29.6 Å². The highest BCUT2D eigenvalue weighted by molar-refractivity contribution is 5.95. The third-order valence-corrected chi connectivity index (χ3v) is 8.06. The molecule has 0 bridgehead atoms. The van der Waals surface area contributed by atoms with Crippen LogP contribution in [0.25, 0.3) is 0 Å². The zero-order chi connectivity index (χ0) is 14.4. The van der Waals surface area contributed by atoms with Gasteiger partial charge in [0.15, 0.2) is 5.78 Å². The second kappa shape index (κ2) is 3.82. The molecule has 2 heteroatoms. The van der Waals surface area contributed by atoms with Crippen LogP contribution in [0.3, 0.4) is 0 Å². The summed E-state index contributed by atoms with van der Waals surface area (Å²) in [6, 6.07) is 0. The van der Waals surface area contributed by atoms with Gasteiger partial charge in [-0.15, -0.1) is 0 Å². The summed E-state index contributed by atoms with van der Waals surface area (Å²) < 4.78 is 5.86. The molecule has 0 radical (unpaired) electrons. The molecule has 3 saturated carbocycles. The second-order valence-corrected chi connectivity index (χ2v) is 8.96. The zero-order valence-electron chi connectivity index (χ0n) is 13.2. The van der Waals surface area contributed by atoms with E-state index in [0.29, 0.717) is 29.3 Å². The van der Waals surface area contributed by atoms with Crippen molar-refractivity contribution in [3.8, 4) is 0 Å². The van der Waals surface area contributed by atoms with Crippen LogP contribution in [0, 0.1) is 34.5 Å². The van der Waals surface area contributed by atoms with Crippen LogP contribution in [-0.4, -0.2) is 18.0 Å². The van der Waals surface area contributed by atoms with Crippen molar-refractivity contribution in [1.82, 2.24) is 0 Å². The van der Waals surface area contributed by atoms with E-state index in [4.69, 9.17) is 4.74 Å². The average Bonchev–Trinajstić information content (AvgIpc) is 3.11. The summed E-state index contributed by atoms with van der Waals surface area (Å²) in [7, 11) is 0. The molecule has 0 unspecified atom stereocenters. The van der Waals surface area contributed by atoms with E-state index in [1.807, 2.05) is 6.08 Å². The molecule has 5 rings (SSSR count). The van der Waals surface area contributed by atoms with Gasteiger partial charge in [0.25, 0.3) is 0 Å². The lowest BCUT2D eigenvalue weighted by molar-refractivity contribution is -0.135. The van der Waals surface area contributed by atoms with Crippen LogP contribution in [0.4, 0.5) is 0 Å². The lowest BCUT2D eigenvalue weighted by atomic mass is 9.45. The molecular weight excluding hydrogens is 260 g/mol. The van der Waals surface area contributed by atoms with Crippen LogP contribution in [0.5, 0.6) is 0 Å². The molecule has 21 heavy (non-hydrogen) atoms. The first-order chi connectivity index (χ1) is 10.0. The second-order valence-electron chi connectivity index (χ2n) is 8.96. The highest BCUT2D eigenvalue weighted by Crippen LogP contribution is 2.66. The smallest absolute Gasteiger partial charge is 0.159 e. The quantitative estimate of drug-likeness (QED) is 0.635. The minimum atomic E-state index is 0.161. The van der Waals surface area contributed by atoms with Gasteiger partial charge in [-0.3, -0.25) is 4.79 Å². The number of allylic oxidation sites excluding steroid dienone is 2. The molecule has 4 aliphatic carbocycles. The Bertz CT molecular complexity index is 538. The molecule has 1 aliphatic heterocycles. The zero-order valence-corrected chi connectivity index (χ0v) is 13.2. The summed E-state index contributed by atoms with van der Waals surface area (Å²) in [5, 5.41) is 0. The first-order valence-electron chi connectivity index (χ1n) is 8.90. The van der Waals surface area contributed by atoms with Gasteiger partial charge in [-0.25, -0.2) is 0 Å². The molecule has 5 aliphatic rings. The van der Waals surface area contributed by atoms with E-state index in [1.54, 1.807) is 0 Å². The van der Waals surface area contributed by atoms with Crippen molar-refractivity contribution in [3.05, 3.63) is 12.2 Å². The van der Waals surface area contributed by atoms with Gasteiger partial charge in [0.2, 0.25) is 0 Å². The van der Waals surface area contributed by atoms with Crippen molar-refractivity contribution in [2.24, 2.45) is 34.5 Å². The Balaban J connectivity index is 1.51. The van der Waals surface area contributed by atoms with Crippen molar-refractivity contribution in [3.63, 3.8) is 0 Å². The number of rotatable bonds is 0. The van der Waals surface area contributed by atoms with Gasteiger partial charge in [0.05, 0.1) is 12.2 Å². The van der Waals surface area contributed by atoms with Gasteiger partial charge in [0.1, 0.15) is 0 Å². The Morgan fingerprint density at radius 2 is 2.05 bits per heavy atom. The van der Waals surface area contributed by atoms with Crippen molar-refractivity contribution in [2.45, 2.75) is 64.6 Å². The Kier molecular flexibility index (Phi) is 2.34. The number of hydrogen-bond acceptors (Lipinski definition) is 2. The standard InChI is InChI=1S/C19H26O2/c1-18-7-5-13-12(17(18)14(20)6-8-18)4-3-11-9-15-16(21-15)10-19(11,13)2/h6,8,11-13,15-17H,3-5,7,9-10H2,1-2H3/t11-,12+,13-,15-,16+,17+,18+,19-/m0/s1. The molecule has 0 spiro atoms. The molecule has 2 nitrogen and oxygen atoms in total. The molecule has 0 aromatic heterocycles. The van der Waals surface area contributed by atoms with Crippen LogP contribution >= 0.6 is 0 Å². The van der Waals surface area contributed by atoms with E-state index in [2.05, 4.69) is 19.9 Å². The molecule has 0 aromatic carbocycles. The van der Waals surface area contributed by atoms with Gasteiger partial charge in [-0.2, -0.15) is 0 Å². The summed E-state index contributed by atoms with van der Waals surface area (Å²) >= 11 is 0. The summed E-state index contributed by atoms with van der Waals surface area (Å²) in [4.78, 5) is 12.5. The lowest BCUT2D eigenvalue weighted by Gasteiger charge is -2.58. The number of fused-ring (bicyclic) bond motifs is 6. The van der Waals surface area contributed by atoms with Crippen LogP contribution in [-0.2, 0) is 9.53 Å². The Hall–Kier alpha value is -0.630. The number of carbonyl (C=O) groups excluding carboxylic acids is 1. The predicted octanol–water partition coefficient (Wildman–Crippen LogP) is 3.75. The fourth-order valence-electron chi connectivity index (χ4n) is 6.85. The number of hydrogen-bond donors (Lipinski definition) is 0. The maximum absolute atomic E-state index is 12.5. The van der Waals surface area contributed by atoms with Crippen molar-refractivity contribution >= 4 is 5.78 Å². The van der Waals surface area contributed by atoms with E-state index < -0.39 is 0 Å². The van der Waals surface area contributed by atoms with E-state index in [0.717, 1.165) is 11.8 Å². The largest absolute Gasteiger partial charge is 0.370 e. The summed E-state index contributed by atoms with van der Waals surface area (Å²) in [6.45, 7) is 4.85. The number of epoxide rings is 1. The lowest BCUT2D eigenvalue weighted by Crippen LogP contribution is -2.54. The molecule has 8 atom stereocenters. The maximum Gasteiger partial charge on any atom is 0.159 e. The number of carbonyl (C=O) groups is 1. The number of ether oxygens (including phenoxy) is 1. The molecule has 0 aromatic rings. The van der Waals surface area contributed by atoms with Crippen LogP contribution in [0.15, 0.2) is 12.2 Å². The third kappa shape index (κ3) is 1.55. The van der Waals surface area contributed by atoms with Crippen LogP contribution in [0.2, 0.25) is 0 Å². The summed E-state index contributed by atoms with van der Waals surface area (Å²) in [6.07, 6.45) is 12.9. The predicted molar refractivity (Wildman–Crippen MR) is 80.7 cm³/mol. The Morgan fingerprint density at radius 3 is 2.90 bits per heavy atom. The summed E-state index contributed by atoms with van der Waals surface area (Å²) in [5.74, 6) is 2.93. The van der Waals surface area contributed by atoms with Crippen molar-refractivity contribution in [1.29, 1.82) is 0 Å². The SMILES string of the molecule is C[C@]12C[C@H]3O[C@H]3C[C@@H]1CC[C@@H]1[C@@H]2CC[C@]2(C)C=CC(=O)[C@@H]12. The highest BCUT2D eigenvalue weighted by atomic mass is 16.6.